The fraction of sp³-hybridized carbons (Fsp3) is 0.706. The lowest BCUT2D eigenvalue weighted by atomic mass is 9.99. The van der Waals surface area contributed by atoms with Crippen LogP contribution in [0.3, 0.4) is 0 Å². The van der Waals surface area contributed by atoms with Crippen LogP contribution in [0.25, 0.3) is 0 Å². The van der Waals surface area contributed by atoms with Crippen LogP contribution in [0.2, 0.25) is 5.15 Å². The number of amides is 1. The predicted octanol–water partition coefficient (Wildman–Crippen LogP) is 3.06. The van der Waals surface area contributed by atoms with E-state index in [0.717, 1.165) is 25.8 Å². The van der Waals surface area contributed by atoms with Crippen LogP contribution >= 0.6 is 11.6 Å². The van der Waals surface area contributed by atoms with Gasteiger partial charge in [-0.05, 0) is 18.8 Å². The molecule has 0 N–H and O–H groups in total. The van der Waals surface area contributed by atoms with Gasteiger partial charge in [0.05, 0.1) is 0 Å². The second kappa shape index (κ2) is 7.21. The van der Waals surface area contributed by atoms with Gasteiger partial charge in [0.1, 0.15) is 5.82 Å². The first-order valence-electron chi connectivity index (χ1n) is 8.79. The standard InChI is InChI=1S/C17H24ClFN4O/c1-3-13-20-16(18)15(19)17(21-13)23-9-11-6-5-7-12(23)10-22(8-11)14(24)4-2/h11-12H,3-10H2,1-2H3. The molecule has 1 amide bonds. The zero-order valence-corrected chi connectivity index (χ0v) is 15.0. The molecule has 2 saturated heterocycles. The Morgan fingerprint density at radius 2 is 2.04 bits per heavy atom. The number of likely N-dealkylation sites (tertiary alicyclic amines) is 1. The molecule has 24 heavy (non-hydrogen) atoms. The third-order valence-electron chi connectivity index (χ3n) is 5.04. The van der Waals surface area contributed by atoms with Crippen molar-refractivity contribution >= 4 is 23.3 Å². The van der Waals surface area contributed by atoms with Crippen LogP contribution in [0.1, 0.15) is 45.4 Å². The average Bonchev–Trinajstić information content (AvgIpc) is 2.87. The van der Waals surface area contributed by atoms with E-state index in [1.807, 2.05) is 23.6 Å². The number of nitrogens with zero attached hydrogens (tertiary/aromatic N) is 4. The normalized spacial score (nSPS) is 24.0. The van der Waals surface area contributed by atoms with Crippen molar-refractivity contribution in [3.8, 4) is 0 Å². The van der Waals surface area contributed by atoms with E-state index < -0.39 is 5.82 Å². The Kier molecular flexibility index (Phi) is 5.23. The number of fused-ring (bicyclic) bond motifs is 3. The Balaban J connectivity index is 1.97. The largest absolute Gasteiger partial charge is 0.349 e. The highest BCUT2D eigenvalue weighted by molar-refractivity contribution is 6.29. The van der Waals surface area contributed by atoms with Gasteiger partial charge in [0.2, 0.25) is 11.7 Å². The zero-order chi connectivity index (χ0) is 17.3. The Morgan fingerprint density at radius 3 is 2.75 bits per heavy atom. The molecule has 132 valence electrons. The highest BCUT2D eigenvalue weighted by atomic mass is 35.5. The number of carbonyl (C=O) groups is 1. The third kappa shape index (κ3) is 3.34. The van der Waals surface area contributed by atoms with Crippen LogP contribution in [0.15, 0.2) is 0 Å². The summed E-state index contributed by atoms with van der Waals surface area (Å²) in [6.07, 6.45) is 4.21. The van der Waals surface area contributed by atoms with Gasteiger partial charge in [0.25, 0.3) is 0 Å². The van der Waals surface area contributed by atoms with Gasteiger partial charge < -0.3 is 9.80 Å². The molecule has 0 aromatic carbocycles. The molecule has 1 aromatic heterocycles. The van der Waals surface area contributed by atoms with E-state index in [-0.39, 0.29) is 17.1 Å². The lowest BCUT2D eigenvalue weighted by molar-refractivity contribution is -0.131. The molecular weight excluding hydrogens is 331 g/mol. The predicted molar refractivity (Wildman–Crippen MR) is 91.7 cm³/mol. The topological polar surface area (TPSA) is 49.3 Å². The Hall–Kier alpha value is -1.43. The van der Waals surface area contributed by atoms with Gasteiger partial charge in [-0.25, -0.2) is 9.97 Å². The van der Waals surface area contributed by atoms with Gasteiger partial charge in [-0.3, -0.25) is 4.79 Å². The second-order valence-corrected chi connectivity index (χ2v) is 7.04. The number of hydrogen-bond donors (Lipinski definition) is 0. The van der Waals surface area contributed by atoms with Crippen molar-refractivity contribution < 1.29 is 9.18 Å². The van der Waals surface area contributed by atoms with Crippen molar-refractivity contribution in [2.75, 3.05) is 24.5 Å². The maximum atomic E-state index is 14.6. The Labute approximate surface area is 147 Å². The summed E-state index contributed by atoms with van der Waals surface area (Å²) >= 11 is 5.98. The molecule has 2 aliphatic rings. The highest BCUT2D eigenvalue weighted by Gasteiger charge is 2.36. The fourth-order valence-corrected chi connectivity index (χ4v) is 3.96. The van der Waals surface area contributed by atoms with Crippen LogP contribution in [0, 0.1) is 11.7 Å². The van der Waals surface area contributed by atoms with E-state index in [4.69, 9.17) is 11.6 Å². The van der Waals surface area contributed by atoms with Gasteiger partial charge >= 0.3 is 0 Å². The molecule has 2 fully saturated rings. The molecule has 3 rings (SSSR count). The summed E-state index contributed by atoms with van der Waals surface area (Å²) in [5.74, 6) is 0.816. The SMILES string of the molecule is CCC(=O)N1CC2CCCC(C1)N(c1nc(CC)nc(Cl)c1F)C2. The average molecular weight is 355 g/mol. The number of hydrogen-bond acceptors (Lipinski definition) is 4. The lowest BCUT2D eigenvalue weighted by Crippen LogP contribution is -2.43. The third-order valence-corrected chi connectivity index (χ3v) is 5.29. The van der Waals surface area contributed by atoms with Gasteiger partial charge in [-0.15, -0.1) is 0 Å². The molecule has 0 aliphatic carbocycles. The molecule has 2 aliphatic heterocycles. The van der Waals surface area contributed by atoms with E-state index in [2.05, 4.69) is 9.97 Å². The maximum Gasteiger partial charge on any atom is 0.222 e. The molecule has 2 atom stereocenters. The zero-order valence-electron chi connectivity index (χ0n) is 14.3. The first-order valence-corrected chi connectivity index (χ1v) is 9.17. The molecule has 3 heterocycles. The van der Waals surface area contributed by atoms with E-state index >= 15 is 0 Å². The number of carbonyl (C=O) groups excluding carboxylic acids is 1. The van der Waals surface area contributed by atoms with E-state index in [9.17, 15) is 9.18 Å². The minimum atomic E-state index is -0.546. The van der Waals surface area contributed by atoms with Gasteiger partial charge in [-0.1, -0.05) is 31.9 Å². The molecule has 1 aromatic rings. The summed E-state index contributed by atoms with van der Waals surface area (Å²) in [5, 5.41) is -0.114. The van der Waals surface area contributed by atoms with E-state index in [1.54, 1.807) is 0 Å². The van der Waals surface area contributed by atoms with Crippen LogP contribution in [-0.2, 0) is 11.2 Å². The van der Waals surface area contributed by atoms with Crippen molar-refractivity contribution in [2.45, 2.75) is 52.0 Å². The fourth-order valence-electron chi connectivity index (χ4n) is 3.78. The number of rotatable bonds is 3. The summed E-state index contributed by atoms with van der Waals surface area (Å²) in [7, 11) is 0. The second-order valence-electron chi connectivity index (χ2n) is 6.68. The van der Waals surface area contributed by atoms with E-state index in [0.29, 0.717) is 43.5 Å². The molecule has 2 unspecified atom stereocenters. The van der Waals surface area contributed by atoms with Gasteiger partial charge in [-0.2, -0.15) is 4.39 Å². The van der Waals surface area contributed by atoms with Crippen molar-refractivity contribution in [3.05, 3.63) is 16.8 Å². The van der Waals surface area contributed by atoms with Crippen LogP contribution in [0.4, 0.5) is 10.2 Å². The van der Waals surface area contributed by atoms with Crippen molar-refractivity contribution in [1.29, 1.82) is 0 Å². The molecule has 0 spiro atoms. The van der Waals surface area contributed by atoms with Crippen molar-refractivity contribution in [2.24, 2.45) is 5.92 Å². The van der Waals surface area contributed by atoms with E-state index in [1.165, 1.54) is 0 Å². The molecular formula is C17H24ClFN4O. The summed E-state index contributed by atoms with van der Waals surface area (Å²) in [4.78, 5) is 24.6. The Bertz CT molecular complexity index is 627. The molecule has 0 radical (unpaired) electrons. The number of halogens is 2. The summed E-state index contributed by atoms with van der Waals surface area (Å²) < 4.78 is 14.6. The number of aromatic nitrogens is 2. The smallest absolute Gasteiger partial charge is 0.222 e. The molecule has 2 bridgehead atoms. The van der Waals surface area contributed by atoms with Gasteiger partial charge in [0, 0.05) is 38.5 Å². The summed E-state index contributed by atoms with van der Waals surface area (Å²) in [6.45, 7) is 5.91. The maximum absolute atomic E-state index is 14.6. The molecule has 0 saturated carbocycles. The minimum absolute atomic E-state index is 0.0816. The van der Waals surface area contributed by atoms with Crippen LogP contribution in [-0.4, -0.2) is 46.5 Å². The lowest BCUT2D eigenvalue weighted by Gasteiger charge is -2.32. The molecule has 7 heteroatoms. The summed E-state index contributed by atoms with van der Waals surface area (Å²) in [6, 6.07) is 0.0816. The number of aryl methyl sites for hydroxylation is 1. The van der Waals surface area contributed by atoms with Crippen molar-refractivity contribution in [1.82, 2.24) is 14.9 Å². The first kappa shape index (κ1) is 17.4. The van der Waals surface area contributed by atoms with Crippen molar-refractivity contribution in [3.63, 3.8) is 0 Å². The highest BCUT2D eigenvalue weighted by Crippen LogP contribution is 2.33. The molecule has 5 nitrogen and oxygen atoms in total. The number of anilines is 1. The Morgan fingerprint density at radius 1 is 1.25 bits per heavy atom. The van der Waals surface area contributed by atoms with Crippen LogP contribution < -0.4 is 4.90 Å². The summed E-state index contributed by atoms with van der Waals surface area (Å²) in [5.41, 5.74) is 0. The van der Waals surface area contributed by atoms with Gasteiger partial charge in [0.15, 0.2) is 11.0 Å². The first-order chi connectivity index (χ1) is 11.5. The quantitative estimate of drug-likeness (QED) is 0.783. The van der Waals surface area contributed by atoms with Crippen LogP contribution in [0.5, 0.6) is 0 Å². The monoisotopic (exact) mass is 354 g/mol. The minimum Gasteiger partial charge on any atom is -0.349 e.